The van der Waals surface area contributed by atoms with Crippen LogP contribution in [0.2, 0.25) is 5.02 Å². The van der Waals surface area contributed by atoms with Crippen LogP contribution in [0.25, 0.3) is 0 Å². The van der Waals surface area contributed by atoms with Gasteiger partial charge in [0.1, 0.15) is 12.4 Å². The Labute approximate surface area is 108 Å². The van der Waals surface area contributed by atoms with Crippen LogP contribution < -0.4 is 10.1 Å². The minimum Gasteiger partial charge on any atom is -0.490 e. The second-order valence-electron chi connectivity index (χ2n) is 3.81. The van der Waals surface area contributed by atoms with Gasteiger partial charge in [0.05, 0.1) is 11.6 Å². The summed E-state index contributed by atoms with van der Waals surface area (Å²) in [5.41, 5.74) is 1.16. The number of nitrogens with one attached hydrogen (secondary N) is 1. The Morgan fingerprint density at radius 3 is 2.71 bits per heavy atom. The maximum atomic E-state index is 6.16. The van der Waals surface area contributed by atoms with Crippen molar-refractivity contribution in [3.63, 3.8) is 0 Å². The molecule has 3 nitrogen and oxygen atoms in total. The van der Waals surface area contributed by atoms with Crippen molar-refractivity contribution in [2.24, 2.45) is 0 Å². The smallest absolute Gasteiger partial charge is 0.138 e. The Hall–Kier alpha value is -0.770. The molecule has 0 aliphatic rings. The van der Waals surface area contributed by atoms with Crippen molar-refractivity contribution in [3.05, 3.63) is 28.8 Å². The van der Waals surface area contributed by atoms with E-state index in [1.807, 2.05) is 18.2 Å². The minimum absolute atomic E-state index is 0.297. The first kappa shape index (κ1) is 14.3. The van der Waals surface area contributed by atoms with E-state index in [0.29, 0.717) is 30.0 Å². The highest BCUT2D eigenvalue weighted by Crippen LogP contribution is 2.27. The van der Waals surface area contributed by atoms with Crippen molar-refractivity contribution in [2.45, 2.75) is 19.9 Å². The molecule has 17 heavy (non-hydrogen) atoms. The first-order valence-corrected chi connectivity index (χ1v) is 6.21. The monoisotopic (exact) mass is 257 g/mol. The molecule has 0 saturated heterocycles. The Morgan fingerprint density at radius 2 is 2.12 bits per heavy atom. The molecule has 0 fully saturated rings. The predicted molar refractivity (Wildman–Crippen MR) is 70.9 cm³/mol. The molecule has 0 bridgehead atoms. The molecule has 1 atom stereocenters. The topological polar surface area (TPSA) is 30.5 Å². The molecular weight excluding hydrogens is 238 g/mol. The third-order valence-electron chi connectivity index (χ3n) is 2.51. The van der Waals surface area contributed by atoms with Gasteiger partial charge in [-0.25, -0.2) is 0 Å². The molecule has 1 unspecified atom stereocenters. The molecule has 1 aromatic carbocycles. The zero-order valence-electron chi connectivity index (χ0n) is 10.6. The van der Waals surface area contributed by atoms with Crippen LogP contribution in [0.1, 0.15) is 25.5 Å². The van der Waals surface area contributed by atoms with E-state index in [1.54, 1.807) is 7.11 Å². The van der Waals surface area contributed by atoms with Gasteiger partial charge in [-0.1, -0.05) is 24.6 Å². The van der Waals surface area contributed by atoms with Gasteiger partial charge < -0.3 is 14.8 Å². The van der Waals surface area contributed by atoms with Gasteiger partial charge in [-0.2, -0.15) is 0 Å². The molecule has 0 aliphatic heterocycles. The summed E-state index contributed by atoms with van der Waals surface area (Å²) in [7, 11) is 1.65. The van der Waals surface area contributed by atoms with E-state index < -0.39 is 0 Å². The number of ether oxygens (including phenoxy) is 2. The first-order valence-electron chi connectivity index (χ1n) is 5.83. The van der Waals surface area contributed by atoms with Crippen molar-refractivity contribution < 1.29 is 9.47 Å². The predicted octanol–water partition coefficient (Wildman–Crippen LogP) is 3.04. The SMILES string of the molecule is CCNC(C)c1ccc(OCCOC)c(Cl)c1. The zero-order chi connectivity index (χ0) is 12.7. The number of benzene rings is 1. The second-order valence-corrected chi connectivity index (χ2v) is 4.22. The molecule has 1 rings (SSSR count). The molecule has 0 amide bonds. The second kappa shape index (κ2) is 7.54. The van der Waals surface area contributed by atoms with Gasteiger partial charge in [0.15, 0.2) is 0 Å². The van der Waals surface area contributed by atoms with Gasteiger partial charge >= 0.3 is 0 Å². The summed E-state index contributed by atoms with van der Waals surface area (Å²) in [6.45, 7) is 6.20. The lowest BCUT2D eigenvalue weighted by Gasteiger charge is -2.14. The maximum absolute atomic E-state index is 6.16. The molecule has 0 aromatic heterocycles. The molecule has 0 radical (unpaired) electrons. The van der Waals surface area contributed by atoms with Gasteiger partial charge in [0.2, 0.25) is 0 Å². The lowest BCUT2D eigenvalue weighted by molar-refractivity contribution is 0.146. The quantitative estimate of drug-likeness (QED) is 0.762. The molecule has 0 spiro atoms. The van der Waals surface area contributed by atoms with E-state index in [-0.39, 0.29) is 0 Å². The van der Waals surface area contributed by atoms with E-state index in [2.05, 4.69) is 19.2 Å². The van der Waals surface area contributed by atoms with Crippen LogP contribution in [0.5, 0.6) is 5.75 Å². The Morgan fingerprint density at radius 1 is 1.35 bits per heavy atom. The standard InChI is InChI=1S/C13H20ClNO2/c1-4-15-10(2)11-5-6-13(12(14)9-11)17-8-7-16-3/h5-6,9-10,15H,4,7-8H2,1-3H3. The highest BCUT2D eigenvalue weighted by Gasteiger charge is 2.07. The Balaban J connectivity index is 2.65. The molecule has 4 heteroatoms. The summed E-state index contributed by atoms with van der Waals surface area (Å²) < 4.78 is 10.4. The van der Waals surface area contributed by atoms with E-state index in [4.69, 9.17) is 21.1 Å². The first-order chi connectivity index (χ1) is 8.19. The number of rotatable bonds is 7. The van der Waals surface area contributed by atoms with Crippen molar-refractivity contribution in [3.8, 4) is 5.75 Å². The lowest BCUT2D eigenvalue weighted by atomic mass is 10.1. The van der Waals surface area contributed by atoms with Gasteiger partial charge in [0.25, 0.3) is 0 Å². The fourth-order valence-corrected chi connectivity index (χ4v) is 1.81. The van der Waals surface area contributed by atoms with Gasteiger partial charge in [-0.05, 0) is 31.2 Å². The Bertz CT molecular complexity index is 344. The summed E-state index contributed by atoms with van der Waals surface area (Å²) >= 11 is 6.16. The zero-order valence-corrected chi connectivity index (χ0v) is 11.4. The molecule has 0 saturated carbocycles. The maximum Gasteiger partial charge on any atom is 0.138 e. The summed E-state index contributed by atoms with van der Waals surface area (Å²) in [5.74, 6) is 0.705. The average molecular weight is 258 g/mol. The van der Waals surface area contributed by atoms with Crippen molar-refractivity contribution >= 4 is 11.6 Å². The highest BCUT2D eigenvalue weighted by atomic mass is 35.5. The summed E-state index contributed by atoms with van der Waals surface area (Å²) in [6, 6.07) is 6.17. The minimum atomic E-state index is 0.297. The molecule has 0 heterocycles. The van der Waals surface area contributed by atoms with E-state index in [1.165, 1.54) is 0 Å². The van der Waals surface area contributed by atoms with Crippen molar-refractivity contribution in [1.29, 1.82) is 0 Å². The molecular formula is C13H20ClNO2. The number of hydrogen-bond donors (Lipinski definition) is 1. The van der Waals surface area contributed by atoms with Crippen LogP contribution in [-0.4, -0.2) is 26.9 Å². The third-order valence-corrected chi connectivity index (χ3v) is 2.81. The van der Waals surface area contributed by atoms with Crippen LogP contribution in [-0.2, 0) is 4.74 Å². The fraction of sp³-hybridized carbons (Fsp3) is 0.538. The number of halogens is 1. The van der Waals surface area contributed by atoms with Gasteiger partial charge in [-0.15, -0.1) is 0 Å². The summed E-state index contributed by atoms with van der Waals surface area (Å²) in [6.07, 6.45) is 0. The Kier molecular flexibility index (Phi) is 6.34. The van der Waals surface area contributed by atoms with Crippen LogP contribution >= 0.6 is 11.6 Å². The summed E-state index contributed by atoms with van der Waals surface area (Å²) in [4.78, 5) is 0. The van der Waals surface area contributed by atoms with E-state index in [9.17, 15) is 0 Å². The van der Waals surface area contributed by atoms with E-state index in [0.717, 1.165) is 12.1 Å². The van der Waals surface area contributed by atoms with Gasteiger partial charge in [0, 0.05) is 13.2 Å². The normalized spacial score (nSPS) is 12.5. The molecule has 1 N–H and O–H groups in total. The number of methoxy groups -OCH3 is 1. The van der Waals surface area contributed by atoms with Gasteiger partial charge in [-0.3, -0.25) is 0 Å². The molecule has 0 aliphatic carbocycles. The van der Waals surface area contributed by atoms with E-state index >= 15 is 0 Å². The van der Waals surface area contributed by atoms with Crippen molar-refractivity contribution in [1.82, 2.24) is 5.32 Å². The summed E-state index contributed by atoms with van der Waals surface area (Å²) in [5, 5.41) is 3.98. The van der Waals surface area contributed by atoms with Crippen LogP contribution in [0.15, 0.2) is 18.2 Å². The third kappa shape index (κ3) is 4.54. The average Bonchev–Trinajstić information content (AvgIpc) is 2.31. The largest absolute Gasteiger partial charge is 0.490 e. The highest BCUT2D eigenvalue weighted by molar-refractivity contribution is 6.32. The van der Waals surface area contributed by atoms with Crippen LogP contribution in [0.4, 0.5) is 0 Å². The lowest BCUT2D eigenvalue weighted by Crippen LogP contribution is -2.17. The molecule has 1 aromatic rings. The molecule has 96 valence electrons. The van der Waals surface area contributed by atoms with Crippen LogP contribution in [0.3, 0.4) is 0 Å². The van der Waals surface area contributed by atoms with Crippen LogP contribution in [0, 0.1) is 0 Å². The van der Waals surface area contributed by atoms with Crippen molar-refractivity contribution in [2.75, 3.05) is 26.9 Å². The number of hydrogen-bond acceptors (Lipinski definition) is 3. The fourth-order valence-electron chi connectivity index (χ4n) is 1.56.